The topological polar surface area (TPSA) is 48.1 Å². The largest absolute Gasteiger partial charge is 0.356 e. The van der Waals surface area contributed by atoms with Crippen LogP contribution in [0, 0.1) is 10.8 Å². The average Bonchev–Trinajstić information content (AvgIpc) is 3.16. The van der Waals surface area contributed by atoms with Crippen molar-refractivity contribution in [1.29, 1.82) is 0 Å². The van der Waals surface area contributed by atoms with Crippen LogP contribution >= 0.6 is 0 Å². The summed E-state index contributed by atoms with van der Waals surface area (Å²) >= 11 is 0. The molecule has 0 N–H and O–H groups in total. The van der Waals surface area contributed by atoms with Gasteiger partial charge in [-0.1, -0.05) is 26.0 Å². The molecule has 0 amide bonds. The summed E-state index contributed by atoms with van der Waals surface area (Å²) in [5, 5.41) is 0. The molecule has 116 valence electrons. The molecule has 0 bridgehead atoms. The summed E-state index contributed by atoms with van der Waals surface area (Å²) < 4.78 is 16.5. The van der Waals surface area contributed by atoms with E-state index in [-0.39, 0.29) is 22.7 Å². The van der Waals surface area contributed by atoms with Crippen LogP contribution in [0.4, 0.5) is 0 Å². The van der Waals surface area contributed by atoms with Gasteiger partial charge in [0.25, 0.3) is 0 Å². The molecule has 3 aliphatic rings. The molecule has 1 heterocycles. The number of rotatable bonds is 4. The summed E-state index contributed by atoms with van der Waals surface area (Å²) in [4.78, 5) is 12.7. The lowest BCUT2D eigenvalue weighted by Crippen LogP contribution is -2.46. The van der Waals surface area contributed by atoms with E-state index in [0.717, 1.165) is 6.42 Å². The zero-order valence-electron chi connectivity index (χ0n) is 13.4. The van der Waals surface area contributed by atoms with Crippen molar-refractivity contribution in [3.8, 4) is 0 Å². The Morgan fingerprint density at radius 2 is 2.00 bits per heavy atom. The van der Waals surface area contributed by atoms with E-state index >= 15 is 0 Å². The second kappa shape index (κ2) is 4.51. The highest BCUT2D eigenvalue weighted by Crippen LogP contribution is 2.62. The van der Waals surface area contributed by atoms with Crippen LogP contribution in [0.2, 0.25) is 0 Å². The smallest absolute Gasteiger partial charge is 0.190 e. The summed E-state index contributed by atoms with van der Waals surface area (Å²) in [5.74, 6) is 0.0578. The molecule has 1 aliphatic heterocycles. The van der Waals surface area contributed by atoms with Gasteiger partial charge in [-0.25, -0.2) is 0 Å². The van der Waals surface area contributed by atoms with Crippen LogP contribution in [0.25, 0.3) is 0 Å². The fourth-order valence-corrected chi connectivity index (χ4v) is 4.10. The van der Waals surface area contributed by atoms with Gasteiger partial charge in [0.1, 0.15) is 6.10 Å². The lowest BCUT2D eigenvalue weighted by molar-refractivity contribution is -0.134. The monoisotopic (exact) mass is 292 g/mol. The third-order valence-corrected chi connectivity index (χ3v) is 5.33. The van der Waals surface area contributed by atoms with Gasteiger partial charge in [0.05, 0.1) is 0 Å². The number of hydrogen-bond acceptors (Lipinski definition) is 4. The van der Waals surface area contributed by atoms with E-state index < -0.39 is 11.9 Å². The average molecular weight is 292 g/mol. The third kappa shape index (κ3) is 1.96. The maximum Gasteiger partial charge on any atom is 0.190 e. The van der Waals surface area contributed by atoms with E-state index in [4.69, 9.17) is 14.2 Å². The quantitative estimate of drug-likeness (QED) is 0.454. The van der Waals surface area contributed by atoms with Gasteiger partial charge in [-0.05, 0) is 30.4 Å². The van der Waals surface area contributed by atoms with Crippen molar-refractivity contribution in [2.75, 3.05) is 14.2 Å². The van der Waals surface area contributed by atoms with Crippen molar-refractivity contribution in [1.82, 2.24) is 0 Å². The highest BCUT2D eigenvalue weighted by molar-refractivity contribution is 6.02. The number of ether oxygens (including phenoxy) is 3. The maximum atomic E-state index is 12.7. The van der Waals surface area contributed by atoms with Crippen LogP contribution in [-0.2, 0) is 19.0 Å². The van der Waals surface area contributed by atoms with Gasteiger partial charge in [-0.15, -0.1) is 0 Å². The first-order valence-electron chi connectivity index (χ1n) is 7.48. The molecule has 0 saturated carbocycles. The molecule has 0 aromatic rings. The van der Waals surface area contributed by atoms with Crippen LogP contribution in [-0.4, -0.2) is 38.0 Å². The molecule has 1 saturated heterocycles. The van der Waals surface area contributed by atoms with Gasteiger partial charge in [-0.3, -0.25) is 4.79 Å². The van der Waals surface area contributed by atoms with E-state index in [1.807, 2.05) is 6.08 Å². The van der Waals surface area contributed by atoms with Crippen molar-refractivity contribution in [2.45, 2.75) is 51.6 Å². The number of fused-ring (bicyclic) bond motifs is 3. The van der Waals surface area contributed by atoms with E-state index in [1.54, 1.807) is 14.2 Å². The first kappa shape index (κ1) is 14.9. The first-order chi connectivity index (χ1) is 9.80. The highest BCUT2D eigenvalue weighted by Gasteiger charge is 2.72. The normalized spacial score (nSPS) is 39.8. The molecule has 2 aliphatic carbocycles. The minimum atomic E-state index is -0.771. The van der Waals surface area contributed by atoms with Crippen LogP contribution in [0.5, 0.6) is 0 Å². The number of carbonyl (C=O) groups is 1. The minimum Gasteiger partial charge on any atom is -0.356 e. The molecular formula is C17H24O4. The summed E-state index contributed by atoms with van der Waals surface area (Å²) in [6.07, 6.45) is 7.10. The maximum absolute atomic E-state index is 12.7. The first-order valence-corrected chi connectivity index (χ1v) is 7.48. The second-order valence-electron chi connectivity index (χ2n) is 7.19. The van der Waals surface area contributed by atoms with Gasteiger partial charge >= 0.3 is 0 Å². The Balaban J connectivity index is 1.98. The van der Waals surface area contributed by atoms with E-state index in [9.17, 15) is 4.79 Å². The molecule has 0 aromatic carbocycles. The number of ketones is 1. The van der Waals surface area contributed by atoms with Gasteiger partial charge in [0.2, 0.25) is 0 Å². The molecule has 0 aromatic heterocycles. The number of hydrogen-bond donors (Lipinski definition) is 0. The predicted molar refractivity (Wildman–Crippen MR) is 78.8 cm³/mol. The molecule has 0 unspecified atom stereocenters. The fraction of sp³-hybridized carbons (Fsp3) is 0.706. The van der Waals surface area contributed by atoms with Crippen LogP contribution < -0.4 is 0 Å². The summed E-state index contributed by atoms with van der Waals surface area (Å²) in [5.41, 5.74) is 0.208. The van der Waals surface area contributed by atoms with Gasteiger partial charge < -0.3 is 14.2 Å². The Kier molecular flexibility index (Phi) is 3.21. The Bertz CT molecular complexity index is 529. The summed E-state index contributed by atoms with van der Waals surface area (Å²) in [6, 6.07) is 0. The number of methoxy groups -OCH3 is 2. The minimum absolute atomic E-state index is 0.000809. The zero-order chi connectivity index (χ0) is 15.5. The van der Waals surface area contributed by atoms with Crippen molar-refractivity contribution in [3.63, 3.8) is 0 Å². The zero-order valence-corrected chi connectivity index (χ0v) is 13.4. The van der Waals surface area contributed by atoms with Crippen molar-refractivity contribution in [2.24, 2.45) is 10.8 Å². The van der Waals surface area contributed by atoms with Crippen LogP contribution in [0.15, 0.2) is 23.8 Å². The third-order valence-electron chi connectivity index (χ3n) is 5.33. The van der Waals surface area contributed by atoms with E-state index in [0.29, 0.717) is 6.42 Å². The van der Waals surface area contributed by atoms with Gasteiger partial charge in [-0.2, -0.15) is 0 Å². The molecule has 4 nitrogen and oxygen atoms in total. The standard InChI is InChI=1S/C17H24O4/c1-15(2)7-6-8-16(3)11(15)9-12(18)17(14(16)21-17)10-13(19-4)20-5/h6,8-9,13-14H,7,10H2,1-5H3/t14-,16-,17+/m0/s1. The van der Waals surface area contributed by atoms with Crippen molar-refractivity contribution >= 4 is 5.78 Å². The molecule has 0 spiro atoms. The molecule has 3 rings (SSSR count). The van der Waals surface area contributed by atoms with Gasteiger partial charge in [0.15, 0.2) is 17.7 Å². The lowest BCUT2D eigenvalue weighted by Gasteiger charge is -2.44. The van der Waals surface area contributed by atoms with Crippen LogP contribution in [0.1, 0.15) is 33.6 Å². The fourth-order valence-electron chi connectivity index (χ4n) is 4.10. The predicted octanol–water partition coefficient (Wildman–Crippen LogP) is 2.63. The Morgan fingerprint density at radius 3 is 2.62 bits per heavy atom. The molecule has 3 atom stereocenters. The highest BCUT2D eigenvalue weighted by atomic mass is 16.7. The second-order valence-corrected chi connectivity index (χ2v) is 7.19. The molecule has 4 heteroatoms. The Labute approximate surface area is 126 Å². The van der Waals surface area contributed by atoms with Crippen molar-refractivity contribution < 1.29 is 19.0 Å². The number of allylic oxidation sites excluding steroid dienone is 1. The SMILES string of the molecule is COC(C[C@]12O[C@H]1[C@@]1(C)C=CCC(C)(C)C1=CC2=O)OC. The molecule has 0 radical (unpaired) electrons. The Hall–Kier alpha value is -0.970. The number of epoxide rings is 1. The Morgan fingerprint density at radius 1 is 1.33 bits per heavy atom. The molecule has 1 fully saturated rings. The molecular weight excluding hydrogens is 268 g/mol. The summed E-state index contributed by atoms with van der Waals surface area (Å²) in [6.45, 7) is 6.55. The van der Waals surface area contributed by atoms with Crippen molar-refractivity contribution in [3.05, 3.63) is 23.8 Å². The van der Waals surface area contributed by atoms with Gasteiger partial charge in [0, 0.05) is 26.1 Å². The molecule has 21 heavy (non-hydrogen) atoms. The lowest BCUT2D eigenvalue weighted by atomic mass is 9.58. The summed E-state index contributed by atoms with van der Waals surface area (Å²) in [7, 11) is 3.17. The van der Waals surface area contributed by atoms with E-state index in [2.05, 4.69) is 32.9 Å². The van der Waals surface area contributed by atoms with Crippen LogP contribution in [0.3, 0.4) is 0 Å². The van der Waals surface area contributed by atoms with E-state index in [1.165, 1.54) is 5.57 Å². The number of carbonyl (C=O) groups excluding carboxylic acids is 1.